The average Bonchev–Trinajstić information content (AvgIpc) is 3.09. The third-order valence-corrected chi connectivity index (χ3v) is 4.71. The van der Waals surface area contributed by atoms with Crippen LogP contribution in [0.5, 0.6) is 5.75 Å². The predicted molar refractivity (Wildman–Crippen MR) is 108 cm³/mol. The minimum atomic E-state index is 0.666. The molecule has 5 heteroatoms. The summed E-state index contributed by atoms with van der Waals surface area (Å²) in [4.78, 5) is 0. The van der Waals surface area contributed by atoms with Gasteiger partial charge in [-0.2, -0.15) is 0 Å². The van der Waals surface area contributed by atoms with Gasteiger partial charge in [0, 0.05) is 17.9 Å². The van der Waals surface area contributed by atoms with Gasteiger partial charge in [0.15, 0.2) is 11.0 Å². The summed E-state index contributed by atoms with van der Waals surface area (Å²) in [6.07, 6.45) is 6.12. The molecule has 0 amide bonds. The van der Waals surface area contributed by atoms with Crippen molar-refractivity contribution in [2.24, 2.45) is 0 Å². The van der Waals surface area contributed by atoms with Gasteiger partial charge in [-0.1, -0.05) is 60.3 Å². The van der Waals surface area contributed by atoms with E-state index in [1.165, 1.54) is 5.56 Å². The van der Waals surface area contributed by atoms with Gasteiger partial charge in [0.1, 0.15) is 5.75 Å². The first kappa shape index (κ1) is 18.0. The topological polar surface area (TPSA) is 39.9 Å². The number of ether oxygens (including phenoxy) is 1. The third-order valence-electron chi connectivity index (χ3n) is 3.80. The second kappa shape index (κ2) is 9.06. The molecule has 0 spiro atoms. The highest BCUT2D eigenvalue weighted by molar-refractivity contribution is 7.99. The number of rotatable bonds is 8. The van der Waals surface area contributed by atoms with Gasteiger partial charge in [-0.15, -0.1) is 16.8 Å². The molecule has 1 aromatic heterocycles. The molecule has 0 fully saturated rings. The van der Waals surface area contributed by atoms with Gasteiger partial charge in [0.05, 0.1) is 7.11 Å². The van der Waals surface area contributed by atoms with Gasteiger partial charge in [0.25, 0.3) is 0 Å². The monoisotopic (exact) mass is 363 g/mol. The van der Waals surface area contributed by atoms with E-state index >= 15 is 0 Å². The fraction of sp³-hybridized carbons (Fsp3) is 0.143. The summed E-state index contributed by atoms with van der Waals surface area (Å²) in [6.45, 7) is 4.52. The van der Waals surface area contributed by atoms with Crippen molar-refractivity contribution in [2.75, 3.05) is 12.9 Å². The lowest BCUT2D eigenvalue weighted by Gasteiger charge is -2.07. The van der Waals surface area contributed by atoms with Gasteiger partial charge >= 0.3 is 0 Å². The van der Waals surface area contributed by atoms with Crippen molar-refractivity contribution < 1.29 is 4.74 Å². The number of methoxy groups -OCH3 is 1. The molecular weight excluding hydrogens is 342 g/mol. The first-order valence-corrected chi connectivity index (χ1v) is 9.33. The van der Waals surface area contributed by atoms with Crippen molar-refractivity contribution in [3.05, 3.63) is 78.9 Å². The Morgan fingerprint density at radius 1 is 1.08 bits per heavy atom. The van der Waals surface area contributed by atoms with Gasteiger partial charge in [-0.3, -0.25) is 4.57 Å². The van der Waals surface area contributed by atoms with Crippen molar-refractivity contribution in [1.82, 2.24) is 14.8 Å². The third kappa shape index (κ3) is 4.43. The molecule has 0 N–H and O–H groups in total. The lowest BCUT2D eigenvalue weighted by Crippen LogP contribution is -2.00. The Hall–Kier alpha value is -2.79. The van der Waals surface area contributed by atoms with Crippen LogP contribution in [0.25, 0.3) is 17.5 Å². The molecule has 0 aliphatic heterocycles. The van der Waals surface area contributed by atoms with Gasteiger partial charge in [-0.25, -0.2) is 0 Å². The van der Waals surface area contributed by atoms with Crippen LogP contribution < -0.4 is 4.74 Å². The van der Waals surface area contributed by atoms with Crippen LogP contribution in [0, 0.1) is 0 Å². The first-order chi connectivity index (χ1) is 12.8. The summed E-state index contributed by atoms with van der Waals surface area (Å²) < 4.78 is 7.30. The van der Waals surface area contributed by atoms with E-state index in [1.807, 2.05) is 48.5 Å². The molecule has 0 radical (unpaired) electrons. The fourth-order valence-corrected chi connectivity index (χ4v) is 3.27. The molecule has 4 nitrogen and oxygen atoms in total. The summed E-state index contributed by atoms with van der Waals surface area (Å²) >= 11 is 1.66. The molecule has 0 unspecified atom stereocenters. The maximum absolute atomic E-state index is 5.22. The SMILES string of the molecule is C=CCn1c(SC/C=C/c2ccccc2)nnc1-c1ccc(OC)cc1. The van der Waals surface area contributed by atoms with Crippen LogP contribution >= 0.6 is 11.8 Å². The standard InChI is InChI=1S/C21H21N3OS/c1-3-15-24-20(18-11-13-19(25-2)14-12-18)22-23-21(24)26-16-7-10-17-8-5-4-6-9-17/h3-14H,1,15-16H2,2H3/b10-7+. The molecular formula is C21H21N3OS. The van der Waals surface area contributed by atoms with Gasteiger partial charge < -0.3 is 4.74 Å². The Labute approximate surface area is 158 Å². The number of aromatic nitrogens is 3. The van der Waals surface area contributed by atoms with Crippen LogP contribution in [0.3, 0.4) is 0 Å². The second-order valence-electron chi connectivity index (χ2n) is 5.56. The van der Waals surface area contributed by atoms with Crippen molar-refractivity contribution in [1.29, 1.82) is 0 Å². The first-order valence-electron chi connectivity index (χ1n) is 8.34. The van der Waals surface area contributed by atoms with E-state index in [4.69, 9.17) is 4.74 Å². The number of thioether (sulfide) groups is 1. The van der Waals surface area contributed by atoms with Gasteiger partial charge in [-0.05, 0) is 29.8 Å². The number of allylic oxidation sites excluding steroid dienone is 1. The minimum absolute atomic E-state index is 0.666. The summed E-state index contributed by atoms with van der Waals surface area (Å²) in [6, 6.07) is 18.1. The highest BCUT2D eigenvalue weighted by atomic mass is 32.2. The number of benzene rings is 2. The van der Waals surface area contributed by atoms with Crippen LogP contribution in [0.15, 0.2) is 78.5 Å². The predicted octanol–water partition coefficient (Wildman–Crippen LogP) is 4.95. The van der Waals surface area contributed by atoms with E-state index in [9.17, 15) is 0 Å². The Bertz CT molecular complexity index is 870. The summed E-state index contributed by atoms with van der Waals surface area (Å²) in [5, 5.41) is 9.62. The maximum atomic E-state index is 5.22. The lowest BCUT2D eigenvalue weighted by atomic mass is 10.2. The molecule has 0 saturated carbocycles. The minimum Gasteiger partial charge on any atom is -0.497 e. The van der Waals surface area contributed by atoms with E-state index in [-0.39, 0.29) is 0 Å². The Morgan fingerprint density at radius 3 is 2.54 bits per heavy atom. The zero-order valence-corrected chi connectivity index (χ0v) is 15.5. The van der Waals surface area contributed by atoms with Gasteiger partial charge in [0.2, 0.25) is 0 Å². The van der Waals surface area contributed by atoms with Crippen molar-refractivity contribution >= 4 is 17.8 Å². The maximum Gasteiger partial charge on any atom is 0.192 e. The molecule has 26 heavy (non-hydrogen) atoms. The van der Waals surface area contributed by atoms with Crippen LogP contribution in [-0.4, -0.2) is 27.6 Å². The van der Waals surface area contributed by atoms with Crippen molar-refractivity contribution in [3.8, 4) is 17.1 Å². The van der Waals surface area contributed by atoms with E-state index in [0.717, 1.165) is 28.0 Å². The zero-order valence-electron chi connectivity index (χ0n) is 14.7. The quantitative estimate of drug-likeness (QED) is 0.419. The highest BCUT2D eigenvalue weighted by Gasteiger charge is 2.13. The van der Waals surface area contributed by atoms with E-state index in [2.05, 4.69) is 45.6 Å². The summed E-state index contributed by atoms with van der Waals surface area (Å²) in [5.74, 6) is 2.48. The van der Waals surface area contributed by atoms with Crippen LogP contribution in [0.1, 0.15) is 5.56 Å². The fourth-order valence-electron chi connectivity index (χ4n) is 2.51. The second-order valence-corrected chi connectivity index (χ2v) is 6.55. The van der Waals surface area contributed by atoms with Crippen molar-refractivity contribution in [2.45, 2.75) is 11.7 Å². The Kier molecular flexibility index (Phi) is 6.28. The molecule has 1 heterocycles. The van der Waals surface area contributed by atoms with Crippen LogP contribution in [0.2, 0.25) is 0 Å². The Morgan fingerprint density at radius 2 is 1.85 bits per heavy atom. The molecule has 0 saturated heterocycles. The number of hydrogen-bond acceptors (Lipinski definition) is 4. The molecule has 0 aliphatic rings. The number of hydrogen-bond donors (Lipinski definition) is 0. The molecule has 3 aromatic rings. The van der Waals surface area contributed by atoms with Crippen LogP contribution in [-0.2, 0) is 6.54 Å². The molecule has 2 aromatic carbocycles. The van der Waals surface area contributed by atoms with E-state index in [1.54, 1.807) is 18.9 Å². The molecule has 0 bridgehead atoms. The van der Waals surface area contributed by atoms with Crippen molar-refractivity contribution in [3.63, 3.8) is 0 Å². The Balaban J connectivity index is 1.74. The summed E-state index contributed by atoms with van der Waals surface area (Å²) in [7, 11) is 1.66. The molecule has 132 valence electrons. The normalized spacial score (nSPS) is 11.0. The smallest absolute Gasteiger partial charge is 0.192 e. The molecule has 3 rings (SSSR count). The molecule has 0 atom stereocenters. The lowest BCUT2D eigenvalue weighted by molar-refractivity contribution is 0.415. The summed E-state index contributed by atoms with van der Waals surface area (Å²) in [5.41, 5.74) is 2.20. The van der Waals surface area contributed by atoms with Crippen LogP contribution in [0.4, 0.5) is 0 Å². The van der Waals surface area contributed by atoms with E-state index < -0.39 is 0 Å². The number of nitrogens with zero attached hydrogens (tertiary/aromatic N) is 3. The molecule has 0 aliphatic carbocycles. The highest BCUT2D eigenvalue weighted by Crippen LogP contribution is 2.25. The van der Waals surface area contributed by atoms with E-state index in [0.29, 0.717) is 6.54 Å². The largest absolute Gasteiger partial charge is 0.497 e. The zero-order chi connectivity index (χ0) is 18.2. The average molecular weight is 363 g/mol.